The SMILES string of the molecule is Cn1cc2c3c(c[nH]c(=O)c31)CN(CC1CC1)c1ccc(CS(C)(=O)=O)cc1-2. The molecule has 1 aliphatic carbocycles. The van der Waals surface area contributed by atoms with E-state index in [1.165, 1.54) is 19.1 Å². The Morgan fingerprint density at radius 3 is 2.71 bits per heavy atom. The molecule has 0 spiro atoms. The van der Waals surface area contributed by atoms with Gasteiger partial charge in [0.25, 0.3) is 5.56 Å². The number of nitrogens with one attached hydrogen (secondary N) is 1. The van der Waals surface area contributed by atoms with Gasteiger partial charge >= 0.3 is 0 Å². The second-order valence-electron chi connectivity index (χ2n) is 8.27. The van der Waals surface area contributed by atoms with Crippen molar-refractivity contribution in [3.63, 3.8) is 0 Å². The van der Waals surface area contributed by atoms with E-state index < -0.39 is 9.84 Å². The van der Waals surface area contributed by atoms with E-state index in [-0.39, 0.29) is 11.3 Å². The maximum atomic E-state index is 12.5. The summed E-state index contributed by atoms with van der Waals surface area (Å²) in [5, 5.41) is 0.974. The number of aromatic nitrogens is 2. The Balaban J connectivity index is 1.77. The summed E-state index contributed by atoms with van der Waals surface area (Å²) in [6, 6.07) is 5.95. The summed E-state index contributed by atoms with van der Waals surface area (Å²) in [5.41, 5.74) is 5.57. The van der Waals surface area contributed by atoms with Crippen molar-refractivity contribution in [3.8, 4) is 11.1 Å². The first-order chi connectivity index (χ1) is 13.3. The van der Waals surface area contributed by atoms with Gasteiger partial charge in [-0.05, 0) is 42.0 Å². The molecule has 7 heteroatoms. The van der Waals surface area contributed by atoms with E-state index in [1.807, 2.05) is 42.2 Å². The zero-order valence-corrected chi connectivity index (χ0v) is 16.8. The summed E-state index contributed by atoms with van der Waals surface area (Å²) in [6.45, 7) is 1.72. The van der Waals surface area contributed by atoms with Gasteiger partial charge in [-0.2, -0.15) is 0 Å². The van der Waals surface area contributed by atoms with Gasteiger partial charge in [-0.3, -0.25) is 4.79 Å². The number of pyridine rings is 1. The number of nitrogens with zero attached hydrogens (tertiary/aromatic N) is 2. The van der Waals surface area contributed by atoms with Gasteiger partial charge in [0.15, 0.2) is 9.84 Å². The molecule has 1 N–H and O–H groups in total. The highest BCUT2D eigenvalue weighted by molar-refractivity contribution is 7.89. The van der Waals surface area contributed by atoms with E-state index in [0.29, 0.717) is 11.4 Å². The van der Waals surface area contributed by atoms with E-state index in [4.69, 9.17) is 0 Å². The van der Waals surface area contributed by atoms with E-state index in [1.54, 1.807) is 0 Å². The second kappa shape index (κ2) is 5.98. The minimum Gasteiger partial charge on any atom is -0.366 e. The Bertz CT molecular complexity index is 1270. The van der Waals surface area contributed by atoms with E-state index in [0.717, 1.165) is 46.4 Å². The lowest BCUT2D eigenvalue weighted by Gasteiger charge is -2.26. The molecular formula is C21H23N3O3S. The van der Waals surface area contributed by atoms with Crippen LogP contribution in [0.3, 0.4) is 0 Å². The van der Waals surface area contributed by atoms with Crippen LogP contribution in [0.1, 0.15) is 24.0 Å². The minimum absolute atomic E-state index is 0.0150. The monoisotopic (exact) mass is 397 g/mol. The molecule has 0 atom stereocenters. The molecule has 0 saturated heterocycles. The van der Waals surface area contributed by atoms with Gasteiger partial charge in [-0.1, -0.05) is 6.07 Å². The quantitative estimate of drug-likeness (QED) is 0.735. The Morgan fingerprint density at radius 2 is 2.00 bits per heavy atom. The molecule has 5 rings (SSSR count). The average Bonchev–Trinajstić information content (AvgIpc) is 3.37. The van der Waals surface area contributed by atoms with Gasteiger partial charge < -0.3 is 14.5 Å². The number of rotatable bonds is 4. The molecule has 1 aliphatic heterocycles. The Labute approximate surface area is 163 Å². The van der Waals surface area contributed by atoms with Crippen LogP contribution < -0.4 is 10.5 Å². The minimum atomic E-state index is -3.12. The third kappa shape index (κ3) is 2.94. The molecule has 0 bridgehead atoms. The molecule has 1 aromatic carbocycles. The van der Waals surface area contributed by atoms with Crippen molar-refractivity contribution in [1.82, 2.24) is 9.55 Å². The number of anilines is 1. The number of aromatic amines is 1. The molecule has 0 amide bonds. The zero-order valence-electron chi connectivity index (χ0n) is 16.0. The van der Waals surface area contributed by atoms with Crippen molar-refractivity contribution < 1.29 is 8.42 Å². The van der Waals surface area contributed by atoms with Gasteiger partial charge in [-0.25, -0.2) is 8.42 Å². The molecule has 3 aromatic rings. The maximum absolute atomic E-state index is 12.5. The topological polar surface area (TPSA) is 75.2 Å². The number of H-pyrrole nitrogens is 1. The van der Waals surface area contributed by atoms with Crippen LogP contribution in [0, 0.1) is 5.92 Å². The Kier molecular flexibility index (Phi) is 3.75. The summed E-state index contributed by atoms with van der Waals surface area (Å²) < 4.78 is 25.5. The predicted octanol–water partition coefficient (Wildman–Crippen LogP) is 2.81. The van der Waals surface area contributed by atoms with Crippen molar-refractivity contribution in [3.05, 3.63) is 52.1 Å². The number of fused-ring (bicyclic) bond motifs is 2. The first-order valence-electron chi connectivity index (χ1n) is 9.56. The van der Waals surface area contributed by atoms with Crippen LogP contribution in [0.2, 0.25) is 0 Å². The van der Waals surface area contributed by atoms with Crippen molar-refractivity contribution in [2.24, 2.45) is 13.0 Å². The predicted molar refractivity (Wildman–Crippen MR) is 111 cm³/mol. The normalized spacial score (nSPS) is 16.3. The fourth-order valence-electron chi connectivity index (χ4n) is 4.38. The molecular weight excluding hydrogens is 374 g/mol. The van der Waals surface area contributed by atoms with Gasteiger partial charge in [0.05, 0.1) is 5.75 Å². The van der Waals surface area contributed by atoms with Crippen molar-refractivity contribution >= 4 is 26.4 Å². The summed E-state index contributed by atoms with van der Waals surface area (Å²) in [5.74, 6) is 0.728. The van der Waals surface area contributed by atoms with E-state index >= 15 is 0 Å². The first kappa shape index (κ1) is 17.6. The van der Waals surface area contributed by atoms with E-state index in [2.05, 4.69) is 9.88 Å². The molecule has 1 fully saturated rings. The van der Waals surface area contributed by atoms with Gasteiger partial charge in [-0.15, -0.1) is 0 Å². The van der Waals surface area contributed by atoms with Crippen LogP contribution in [0.25, 0.3) is 22.0 Å². The van der Waals surface area contributed by atoms with Crippen LogP contribution in [-0.2, 0) is 29.2 Å². The van der Waals surface area contributed by atoms with E-state index in [9.17, 15) is 13.2 Å². The lowest BCUT2D eigenvalue weighted by molar-refractivity contribution is 0.601. The van der Waals surface area contributed by atoms with Gasteiger partial charge in [0.1, 0.15) is 5.52 Å². The smallest absolute Gasteiger partial charge is 0.272 e. The maximum Gasteiger partial charge on any atom is 0.272 e. The highest BCUT2D eigenvalue weighted by atomic mass is 32.2. The van der Waals surface area contributed by atoms with Crippen molar-refractivity contribution in [2.75, 3.05) is 17.7 Å². The number of benzene rings is 1. The molecule has 0 unspecified atom stereocenters. The van der Waals surface area contributed by atoms with Crippen LogP contribution in [0.4, 0.5) is 5.69 Å². The number of sulfone groups is 1. The molecule has 3 heterocycles. The third-order valence-electron chi connectivity index (χ3n) is 5.75. The number of hydrogen-bond donors (Lipinski definition) is 1. The summed E-state index contributed by atoms with van der Waals surface area (Å²) in [6.07, 6.45) is 7.60. The van der Waals surface area contributed by atoms with Gasteiger partial charge in [0.2, 0.25) is 0 Å². The van der Waals surface area contributed by atoms with Crippen molar-refractivity contribution in [1.29, 1.82) is 0 Å². The van der Waals surface area contributed by atoms with Crippen LogP contribution in [0.5, 0.6) is 0 Å². The molecule has 6 nitrogen and oxygen atoms in total. The largest absolute Gasteiger partial charge is 0.366 e. The summed E-state index contributed by atoms with van der Waals surface area (Å²) >= 11 is 0. The summed E-state index contributed by atoms with van der Waals surface area (Å²) in [4.78, 5) is 17.7. The molecule has 2 aromatic heterocycles. The highest BCUT2D eigenvalue weighted by Gasteiger charge is 2.29. The number of aryl methyl sites for hydroxylation is 1. The zero-order chi connectivity index (χ0) is 19.6. The molecule has 1 saturated carbocycles. The third-order valence-corrected chi connectivity index (χ3v) is 6.61. The van der Waals surface area contributed by atoms with Gasteiger partial charge in [0, 0.05) is 61.0 Å². The number of hydrogen-bond acceptors (Lipinski definition) is 4. The fourth-order valence-corrected chi connectivity index (χ4v) is 5.17. The summed E-state index contributed by atoms with van der Waals surface area (Å²) in [7, 11) is -1.24. The molecule has 0 radical (unpaired) electrons. The molecule has 28 heavy (non-hydrogen) atoms. The van der Waals surface area contributed by atoms with Crippen LogP contribution in [0.15, 0.2) is 35.4 Å². The van der Waals surface area contributed by atoms with Crippen LogP contribution in [-0.4, -0.2) is 30.8 Å². The molecule has 146 valence electrons. The molecule has 2 aliphatic rings. The Morgan fingerprint density at radius 1 is 1.21 bits per heavy atom. The van der Waals surface area contributed by atoms with Crippen molar-refractivity contribution in [2.45, 2.75) is 25.1 Å². The fraction of sp³-hybridized carbons (Fsp3) is 0.381. The van der Waals surface area contributed by atoms with Crippen LogP contribution >= 0.6 is 0 Å². The first-order valence-corrected chi connectivity index (χ1v) is 11.6. The highest BCUT2D eigenvalue weighted by Crippen LogP contribution is 2.43. The average molecular weight is 398 g/mol. The Hall–Kier alpha value is -2.54. The lowest BCUT2D eigenvalue weighted by Crippen LogP contribution is -2.25. The second-order valence-corrected chi connectivity index (χ2v) is 10.4. The lowest BCUT2D eigenvalue weighted by atomic mass is 10.0. The standard InChI is InChI=1S/C21H23N3O3S/c1-23-11-17-16-7-14(12-28(2,26)27)5-6-18(16)24(9-13-3-4-13)10-15-8-22-21(25)20(23)19(15)17/h5-8,11,13H,3-4,9-10,12H2,1-2H3,(H,22,25).